The molecule has 1 aromatic carbocycles. The molecule has 37 heavy (non-hydrogen) atoms. The number of carbonyl (C=O) groups is 4. The van der Waals surface area contributed by atoms with Gasteiger partial charge in [-0.25, -0.2) is 9.59 Å². The van der Waals surface area contributed by atoms with E-state index in [0.717, 1.165) is 11.0 Å². The zero-order valence-electron chi connectivity index (χ0n) is 21.8. The Hall–Kier alpha value is -3.83. The summed E-state index contributed by atoms with van der Waals surface area (Å²) in [4.78, 5) is 66.7. The van der Waals surface area contributed by atoms with Crippen molar-refractivity contribution in [3.8, 4) is 0 Å². The fourth-order valence-corrected chi connectivity index (χ4v) is 4.33. The molecule has 1 saturated heterocycles. The van der Waals surface area contributed by atoms with Crippen LogP contribution in [0.4, 0.5) is 4.79 Å². The van der Waals surface area contributed by atoms with Gasteiger partial charge < -0.3 is 30.4 Å². The number of nitrogens with zero attached hydrogens (tertiary/aromatic N) is 2. The Kier molecular flexibility index (Phi) is 7.99. The fourth-order valence-electron chi connectivity index (χ4n) is 4.33. The lowest BCUT2D eigenvalue weighted by Crippen LogP contribution is -2.60. The molecule has 1 aliphatic heterocycles. The minimum Gasteiger partial charge on any atom is -0.481 e. The van der Waals surface area contributed by atoms with Crippen molar-refractivity contribution in [2.45, 2.75) is 77.1 Å². The number of ether oxygens (including phenoxy) is 1. The standard InChI is InChI=1S/C25H35N5O7/c1-24(2,3)37-23(36)28-25(4,5)21(34)26-17(14-19(31)32)20(33)29-12-10-15(11-13-29)30-18-9-7-6-8-16(18)27-22(30)35/h6-9,15,17H,10-14H2,1-5H3,(H,26,34)(H,27,35)(H,28,36)(H,31,32). The molecule has 1 atom stereocenters. The van der Waals surface area contributed by atoms with Crippen LogP contribution >= 0.6 is 0 Å². The van der Waals surface area contributed by atoms with E-state index in [1.54, 1.807) is 25.3 Å². The number of nitrogens with one attached hydrogen (secondary N) is 3. The number of carboxylic acid groups (broad SMARTS) is 1. The highest BCUT2D eigenvalue weighted by Gasteiger charge is 2.37. The van der Waals surface area contributed by atoms with Crippen LogP contribution in [0.25, 0.3) is 11.0 Å². The number of para-hydroxylation sites is 2. The summed E-state index contributed by atoms with van der Waals surface area (Å²) in [7, 11) is 0. The first-order chi connectivity index (χ1) is 17.2. The highest BCUT2D eigenvalue weighted by Crippen LogP contribution is 2.25. The van der Waals surface area contributed by atoms with Crippen molar-refractivity contribution in [3.63, 3.8) is 0 Å². The molecule has 202 valence electrons. The molecule has 1 aliphatic rings. The normalized spacial score (nSPS) is 15.8. The maximum Gasteiger partial charge on any atom is 0.408 e. The van der Waals surface area contributed by atoms with Crippen LogP contribution in [0.1, 0.15) is 59.9 Å². The van der Waals surface area contributed by atoms with Crippen molar-refractivity contribution < 1.29 is 29.0 Å². The summed E-state index contributed by atoms with van der Waals surface area (Å²) < 4.78 is 6.88. The lowest BCUT2D eigenvalue weighted by Gasteiger charge is -2.35. The molecule has 0 saturated carbocycles. The molecule has 3 rings (SSSR count). The Morgan fingerprint density at radius 1 is 1.11 bits per heavy atom. The molecule has 0 bridgehead atoms. The van der Waals surface area contributed by atoms with Crippen LogP contribution in [-0.4, -0.2) is 73.7 Å². The summed E-state index contributed by atoms with van der Waals surface area (Å²) in [6, 6.07) is 5.92. The number of hydrogen-bond donors (Lipinski definition) is 4. The Balaban J connectivity index is 1.67. The molecular weight excluding hydrogens is 482 g/mol. The van der Waals surface area contributed by atoms with E-state index in [9.17, 15) is 29.1 Å². The highest BCUT2D eigenvalue weighted by atomic mass is 16.6. The number of alkyl carbamates (subject to hydrolysis) is 1. The molecule has 1 unspecified atom stereocenters. The van der Waals surface area contributed by atoms with Gasteiger partial charge in [-0.2, -0.15) is 0 Å². The van der Waals surface area contributed by atoms with Gasteiger partial charge in [0.1, 0.15) is 17.2 Å². The number of rotatable bonds is 7. The Bertz CT molecular complexity index is 1230. The number of carboxylic acids is 1. The highest BCUT2D eigenvalue weighted by molar-refractivity contribution is 5.95. The lowest BCUT2D eigenvalue weighted by atomic mass is 10.0. The van der Waals surface area contributed by atoms with Crippen LogP contribution in [0.5, 0.6) is 0 Å². The number of hydrogen-bond acceptors (Lipinski definition) is 6. The van der Waals surface area contributed by atoms with Gasteiger partial charge >= 0.3 is 17.8 Å². The predicted molar refractivity (Wildman–Crippen MR) is 135 cm³/mol. The first-order valence-corrected chi connectivity index (χ1v) is 12.2. The van der Waals surface area contributed by atoms with Crippen molar-refractivity contribution in [2.75, 3.05) is 13.1 Å². The van der Waals surface area contributed by atoms with Crippen molar-refractivity contribution in [3.05, 3.63) is 34.7 Å². The first kappa shape index (κ1) is 27.8. The Labute approximate surface area is 214 Å². The molecule has 1 fully saturated rings. The molecule has 2 aromatic rings. The summed E-state index contributed by atoms with van der Waals surface area (Å²) in [6.45, 7) is 8.48. The van der Waals surface area contributed by atoms with Crippen LogP contribution in [-0.2, 0) is 19.1 Å². The SMILES string of the molecule is CC(C)(C)OC(=O)NC(C)(C)C(=O)NC(CC(=O)O)C(=O)N1CCC(n2c(=O)[nH]c3ccccc32)CC1. The van der Waals surface area contributed by atoms with E-state index in [1.165, 1.54) is 18.7 Å². The number of aliphatic carboxylic acids is 1. The molecule has 12 heteroatoms. The number of amides is 3. The van der Waals surface area contributed by atoms with Gasteiger partial charge in [0.05, 0.1) is 17.5 Å². The van der Waals surface area contributed by atoms with Crippen LogP contribution in [0.2, 0.25) is 0 Å². The number of likely N-dealkylation sites (tertiary alicyclic amines) is 1. The molecular formula is C25H35N5O7. The monoisotopic (exact) mass is 517 g/mol. The van der Waals surface area contributed by atoms with Gasteiger partial charge in [0.2, 0.25) is 11.8 Å². The van der Waals surface area contributed by atoms with E-state index >= 15 is 0 Å². The number of carbonyl (C=O) groups excluding carboxylic acids is 3. The number of piperidine rings is 1. The van der Waals surface area contributed by atoms with Crippen molar-refractivity contribution in [2.24, 2.45) is 0 Å². The minimum atomic E-state index is -1.47. The third-order valence-corrected chi connectivity index (χ3v) is 6.13. The molecule has 2 heterocycles. The Morgan fingerprint density at radius 3 is 2.32 bits per heavy atom. The lowest BCUT2D eigenvalue weighted by molar-refractivity contribution is -0.145. The van der Waals surface area contributed by atoms with E-state index in [-0.39, 0.29) is 11.7 Å². The molecule has 3 amide bonds. The average Bonchev–Trinajstić information content (AvgIpc) is 3.11. The van der Waals surface area contributed by atoms with Crippen LogP contribution in [0.15, 0.2) is 29.1 Å². The van der Waals surface area contributed by atoms with Gasteiger partial charge in [0, 0.05) is 19.1 Å². The van der Waals surface area contributed by atoms with Crippen LogP contribution in [0.3, 0.4) is 0 Å². The second kappa shape index (κ2) is 10.7. The summed E-state index contributed by atoms with van der Waals surface area (Å²) in [5.74, 6) is -2.51. The number of aromatic amines is 1. The van der Waals surface area contributed by atoms with Gasteiger partial charge in [-0.3, -0.25) is 19.0 Å². The predicted octanol–water partition coefficient (Wildman–Crippen LogP) is 1.76. The topological polar surface area (TPSA) is 163 Å². The van der Waals surface area contributed by atoms with Gasteiger partial charge in [-0.1, -0.05) is 12.1 Å². The second-order valence-electron chi connectivity index (χ2n) is 10.7. The Morgan fingerprint density at radius 2 is 1.73 bits per heavy atom. The smallest absolute Gasteiger partial charge is 0.408 e. The average molecular weight is 518 g/mol. The van der Waals surface area contributed by atoms with E-state index in [0.29, 0.717) is 25.9 Å². The molecule has 0 aliphatic carbocycles. The van der Waals surface area contributed by atoms with Crippen molar-refractivity contribution in [1.29, 1.82) is 0 Å². The number of imidazole rings is 1. The number of aromatic nitrogens is 2. The van der Waals surface area contributed by atoms with E-state index in [4.69, 9.17) is 4.74 Å². The molecule has 0 radical (unpaired) electrons. The molecule has 0 spiro atoms. The summed E-state index contributed by atoms with van der Waals surface area (Å²) in [6.07, 6.45) is -0.447. The zero-order chi connectivity index (χ0) is 27.5. The van der Waals surface area contributed by atoms with Gasteiger partial charge in [-0.15, -0.1) is 0 Å². The van der Waals surface area contributed by atoms with Gasteiger partial charge in [0.15, 0.2) is 0 Å². The quantitative estimate of drug-likeness (QED) is 0.435. The van der Waals surface area contributed by atoms with Crippen molar-refractivity contribution in [1.82, 2.24) is 25.1 Å². The van der Waals surface area contributed by atoms with Crippen molar-refractivity contribution >= 4 is 34.9 Å². The second-order valence-corrected chi connectivity index (χ2v) is 10.7. The zero-order valence-corrected chi connectivity index (χ0v) is 21.8. The van der Waals surface area contributed by atoms with E-state index in [1.807, 2.05) is 24.3 Å². The van der Waals surface area contributed by atoms with Crippen LogP contribution < -0.4 is 16.3 Å². The van der Waals surface area contributed by atoms with Gasteiger partial charge in [-0.05, 0) is 59.6 Å². The summed E-state index contributed by atoms with van der Waals surface area (Å²) >= 11 is 0. The maximum absolute atomic E-state index is 13.2. The molecule has 12 nitrogen and oxygen atoms in total. The largest absolute Gasteiger partial charge is 0.481 e. The molecule has 4 N–H and O–H groups in total. The number of H-pyrrole nitrogens is 1. The maximum atomic E-state index is 13.2. The van der Waals surface area contributed by atoms with Gasteiger partial charge in [0.25, 0.3) is 0 Å². The summed E-state index contributed by atoms with van der Waals surface area (Å²) in [5.41, 5.74) is -0.946. The fraction of sp³-hybridized carbons (Fsp3) is 0.560. The summed E-state index contributed by atoms with van der Waals surface area (Å²) in [5, 5.41) is 14.3. The molecule has 1 aromatic heterocycles. The number of fused-ring (bicyclic) bond motifs is 1. The van der Waals surface area contributed by atoms with E-state index in [2.05, 4.69) is 15.6 Å². The van der Waals surface area contributed by atoms with Crippen LogP contribution in [0, 0.1) is 0 Å². The first-order valence-electron chi connectivity index (χ1n) is 12.2. The number of benzene rings is 1. The third kappa shape index (κ3) is 6.89. The van der Waals surface area contributed by atoms with E-state index < -0.39 is 47.5 Å². The minimum absolute atomic E-state index is 0.128. The third-order valence-electron chi connectivity index (χ3n) is 6.13.